The van der Waals surface area contributed by atoms with Crippen molar-refractivity contribution < 1.29 is 19.1 Å². The van der Waals surface area contributed by atoms with Crippen LogP contribution in [0.2, 0.25) is 0 Å². The summed E-state index contributed by atoms with van der Waals surface area (Å²) in [4.78, 5) is 23.2. The van der Waals surface area contributed by atoms with Gasteiger partial charge in [-0.2, -0.15) is 0 Å². The molecule has 0 saturated carbocycles. The molecular weight excluding hydrogens is 294 g/mol. The Morgan fingerprint density at radius 2 is 1.91 bits per heavy atom. The molecule has 0 radical (unpaired) electrons. The van der Waals surface area contributed by atoms with E-state index < -0.39 is 11.7 Å². The molecule has 23 heavy (non-hydrogen) atoms. The number of aryl methyl sites for hydroxylation is 1. The number of rotatable bonds is 5. The van der Waals surface area contributed by atoms with Crippen molar-refractivity contribution in [3.8, 4) is 0 Å². The van der Waals surface area contributed by atoms with Crippen molar-refractivity contribution in [1.29, 1.82) is 0 Å². The minimum atomic E-state index is -0.567. The Balaban J connectivity index is 2.88. The summed E-state index contributed by atoms with van der Waals surface area (Å²) in [6, 6.07) is 7.58. The molecule has 0 saturated heterocycles. The molecule has 1 rings (SSSR count). The van der Waals surface area contributed by atoms with E-state index >= 15 is 0 Å². The van der Waals surface area contributed by atoms with Gasteiger partial charge in [0.1, 0.15) is 11.7 Å². The van der Waals surface area contributed by atoms with Gasteiger partial charge in [-0.1, -0.05) is 29.8 Å². The molecular formula is C18H27NO4. The Kier molecular flexibility index (Phi) is 6.61. The van der Waals surface area contributed by atoms with Crippen molar-refractivity contribution in [2.24, 2.45) is 0 Å². The van der Waals surface area contributed by atoms with Crippen LogP contribution in [0.4, 0.5) is 4.79 Å². The molecule has 2 atom stereocenters. The number of amides is 1. The molecule has 128 valence electrons. The molecule has 0 heterocycles. The van der Waals surface area contributed by atoms with Gasteiger partial charge in [-0.3, -0.25) is 4.79 Å². The minimum absolute atomic E-state index is 0.293. The van der Waals surface area contributed by atoms with Gasteiger partial charge in [0, 0.05) is 13.3 Å². The first-order valence-electron chi connectivity index (χ1n) is 7.80. The van der Waals surface area contributed by atoms with Crippen LogP contribution < -0.4 is 5.32 Å². The fourth-order valence-electron chi connectivity index (χ4n) is 2.28. The van der Waals surface area contributed by atoms with E-state index in [0.29, 0.717) is 6.42 Å². The third-order valence-corrected chi connectivity index (χ3v) is 3.07. The fourth-order valence-corrected chi connectivity index (χ4v) is 2.28. The van der Waals surface area contributed by atoms with Crippen LogP contribution in [0.5, 0.6) is 0 Å². The van der Waals surface area contributed by atoms with E-state index in [2.05, 4.69) is 5.32 Å². The molecule has 0 fully saturated rings. The summed E-state index contributed by atoms with van der Waals surface area (Å²) in [6.45, 7) is 10.6. The maximum atomic E-state index is 12.1. The molecule has 0 aliphatic heterocycles. The predicted octanol–water partition coefficient (Wildman–Crippen LogP) is 3.90. The number of hydrogen-bond donors (Lipinski definition) is 1. The van der Waals surface area contributed by atoms with E-state index in [-0.39, 0.29) is 18.1 Å². The average Bonchev–Trinajstić information content (AvgIpc) is 2.34. The number of benzene rings is 1. The molecule has 0 aromatic heterocycles. The number of ether oxygens (including phenoxy) is 2. The standard InChI is InChI=1S/C18H27NO4/c1-12-8-7-9-15(10-12)16(11-13(2)22-14(3)20)19-17(21)23-18(4,5)6/h7-10,13,16H,11H2,1-6H3,(H,19,21)/t13-,16?/m1/s1. The SMILES string of the molecule is CC(=O)O[C@H](C)CC(NC(=O)OC(C)(C)C)c1cccc(C)c1. The lowest BCUT2D eigenvalue weighted by Gasteiger charge is -2.25. The van der Waals surface area contributed by atoms with Crippen LogP contribution in [0.3, 0.4) is 0 Å². The lowest BCUT2D eigenvalue weighted by Crippen LogP contribution is -2.36. The van der Waals surface area contributed by atoms with E-state index in [1.807, 2.05) is 52.0 Å². The zero-order chi connectivity index (χ0) is 17.6. The maximum Gasteiger partial charge on any atom is 0.408 e. The van der Waals surface area contributed by atoms with Crippen LogP contribution in [0.25, 0.3) is 0 Å². The summed E-state index contributed by atoms with van der Waals surface area (Å²) < 4.78 is 10.5. The number of esters is 1. The molecule has 1 unspecified atom stereocenters. The van der Waals surface area contributed by atoms with Gasteiger partial charge in [-0.05, 0) is 40.2 Å². The molecule has 1 amide bonds. The maximum absolute atomic E-state index is 12.1. The first kappa shape index (κ1) is 19.0. The second-order valence-corrected chi connectivity index (χ2v) is 6.77. The second-order valence-electron chi connectivity index (χ2n) is 6.77. The van der Waals surface area contributed by atoms with Gasteiger partial charge in [-0.15, -0.1) is 0 Å². The molecule has 0 aliphatic carbocycles. The Bertz CT molecular complexity index is 548. The summed E-state index contributed by atoms with van der Waals surface area (Å²) in [5.41, 5.74) is 1.48. The van der Waals surface area contributed by atoms with Gasteiger partial charge in [0.05, 0.1) is 6.04 Å². The van der Waals surface area contributed by atoms with E-state index in [1.165, 1.54) is 6.92 Å². The summed E-state index contributed by atoms with van der Waals surface area (Å²) in [5, 5.41) is 2.87. The van der Waals surface area contributed by atoms with Crippen LogP contribution in [0, 0.1) is 6.92 Å². The first-order chi connectivity index (χ1) is 10.6. The Morgan fingerprint density at radius 1 is 1.26 bits per heavy atom. The molecule has 0 aliphatic rings. The summed E-state index contributed by atoms with van der Waals surface area (Å²) in [6.07, 6.45) is -0.325. The average molecular weight is 321 g/mol. The van der Waals surface area contributed by atoms with E-state index in [4.69, 9.17) is 9.47 Å². The van der Waals surface area contributed by atoms with E-state index in [0.717, 1.165) is 11.1 Å². The number of alkyl carbamates (subject to hydrolysis) is 1. The molecule has 0 spiro atoms. The van der Waals surface area contributed by atoms with Gasteiger partial charge in [0.2, 0.25) is 0 Å². The molecule has 1 aromatic carbocycles. The van der Waals surface area contributed by atoms with Crippen molar-refractivity contribution >= 4 is 12.1 Å². The monoisotopic (exact) mass is 321 g/mol. The molecule has 5 nitrogen and oxygen atoms in total. The highest BCUT2D eigenvalue weighted by Gasteiger charge is 2.23. The second kappa shape index (κ2) is 7.99. The smallest absolute Gasteiger partial charge is 0.408 e. The van der Waals surface area contributed by atoms with Crippen LogP contribution in [-0.2, 0) is 14.3 Å². The summed E-state index contributed by atoms with van der Waals surface area (Å²) >= 11 is 0. The third kappa shape index (κ3) is 7.68. The van der Waals surface area contributed by atoms with Gasteiger partial charge >= 0.3 is 12.1 Å². The van der Waals surface area contributed by atoms with Crippen LogP contribution in [0.1, 0.15) is 58.2 Å². The zero-order valence-electron chi connectivity index (χ0n) is 14.8. The molecule has 0 bridgehead atoms. The number of carbonyl (C=O) groups excluding carboxylic acids is 2. The van der Waals surface area contributed by atoms with Crippen molar-refractivity contribution in [2.45, 2.75) is 65.7 Å². The minimum Gasteiger partial charge on any atom is -0.463 e. The van der Waals surface area contributed by atoms with E-state index in [9.17, 15) is 9.59 Å². The molecule has 5 heteroatoms. The van der Waals surface area contributed by atoms with Crippen molar-refractivity contribution in [2.75, 3.05) is 0 Å². The summed E-state index contributed by atoms with van der Waals surface area (Å²) in [5.74, 6) is -0.335. The zero-order valence-corrected chi connectivity index (χ0v) is 14.8. The highest BCUT2D eigenvalue weighted by Crippen LogP contribution is 2.22. The topological polar surface area (TPSA) is 64.6 Å². The quantitative estimate of drug-likeness (QED) is 0.835. The summed E-state index contributed by atoms with van der Waals surface area (Å²) in [7, 11) is 0. The van der Waals surface area contributed by atoms with Gasteiger partial charge in [0.15, 0.2) is 0 Å². The van der Waals surface area contributed by atoms with E-state index in [1.54, 1.807) is 6.92 Å². The number of carbonyl (C=O) groups is 2. The largest absolute Gasteiger partial charge is 0.463 e. The number of nitrogens with one attached hydrogen (secondary N) is 1. The first-order valence-corrected chi connectivity index (χ1v) is 7.80. The Labute approximate surface area is 138 Å². The van der Waals surface area contributed by atoms with Crippen molar-refractivity contribution in [3.63, 3.8) is 0 Å². The van der Waals surface area contributed by atoms with Gasteiger partial charge in [0.25, 0.3) is 0 Å². The lowest BCUT2D eigenvalue weighted by atomic mass is 9.99. The van der Waals surface area contributed by atoms with Crippen molar-refractivity contribution in [3.05, 3.63) is 35.4 Å². The Morgan fingerprint density at radius 3 is 2.43 bits per heavy atom. The highest BCUT2D eigenvalue weighted by atomic mass is 16.6. The van der Waals surface area contributed by atoms with Crippen molar-refractivity contribution in [1.82, 2.24) is 5.32 Å². The third-order valence-electron chi connectivity index (χ3n) is 3.07. The number of hydrogen-bond acceptors (Lipinski definition) is 4. The molecule has 1 aromatic rings. The van der Waals surface area contributed by atoms with Gasteiger partial charge < -0.3 is 14.8 Å². The normalized spacial score (nSPS) is 13.8. The van der Waals surface area contributed by atoms with Crippen LogP contribution in [-0.4, -0.2) is 23.8 Å². The lowest BCUT2D eigenvalue weighted by molar-refractivity contribution is -0.145. The predicted molar refractivity (Wildman–Crippen MR) is 89.1 cm³/mol. The van der Waals surface area contributed by atoms with Gasteiger partial charge in [-0.25, -0.2) is 4.79 Å². The fraction of sp³-hybridized carbons (Fsp3) is 0.556. The van der Waals surface area contributed by atoms with Crippen LogP contribution >= 0.6 is 0 Å². The Hall–Kier alpha value is -2.04. The molecule has 1 N–H and O–H groups in total. The van der Waals surface area contributed by atoms with Crippen LogP contribution in [0.15, 0.2) is 24.3 Å². The highest BCUT2D eigenvalue weighted by molar-refractivity contribution is 5.68.